The molecule has 1 aliphatic rings. The van der Waals surface area contributed by atoms with Gasteiger partial charge in [-0.25, -0.2) is 0 Å². The number of rotatable bonds is 8. The highest BCUT2D eigenvalue weighted by Crippen LogP contribution is 2.35. The Morgan fingerprint density at radius 1 is 0.917 bits per heavy atom. The van der Waals surface area contributed by atoms with Crippen LogP contribution in [0.25, 0.3) is 0 Å². The summed E-state index contributed by atoms with van der Waals surface area (Å²) in [7, 11) is 0. The fraction of sp³-hybridized carbons (Fsp3) is 0.381. The van der Waals surface area contributed by atoms with E-state index in [1.165, 1.54) is 36.8 Å². The van der Waals surface area contributed by atoms with Gasteiger partial charge >= 0.3 is 0 Å². The first-order valence-electron chi connectivity index (χ1n) is 8.90. The van der Waals surface area contributed by atoms with Gasteiger partial charge in [0.2, 0.25) is 6.41 Å². The standard InChI is InChI=1S/C21H26N2O/c24-16-22-14-17-10-12-18(13-11-17)15-23-21(20-8-4-5-9-20)19-6-2-1-3-7-19/h1-3,6-7,10-13,16,20-21,23H,4-5,8-9,14-15H2,(H,22,24). The summed E-state index contributed by atoms with van der Waals surface area (Å²) in [6, 6.07) is 19.7. The fourth-order valence-corrected chi connectivity index (χ4v) is 3.67. The van der Waals surface area contributed by atoms with Crippen molar-refractivity contribution in [2.24, 2.45) is 5.92 Å². The lowest BCUT2D eigenvalue weighted by atomic mass is 9.91. The third kappa shape index (κ3) is 4.45. The monoisotopic (exact) mass is 322 g/mol. The van der Waals surface area contributed by atoms with Crippen LogP contribution < -0.4 is 10.6 Å². The quantitative estimate of drug-likeness (QED) is 0.723. The molecule has 0 aliphatic heterocycles. The minimum absolute atomic E-state index is 0.435. The molecule has 2 N–H and O–H groups in total. The molecule has 0 saturated heterocycles. The topological polar surface area (TPSA) is 41.1 Å². The third-order valence-corrected chi connectivity index (χ3v) is 4.97. The van der Waals surface area contributed by atoms with E-state index in [2.05, 4.69) is 65.2 Å². The molecule has 3 heteroatoms. The smallest absolute Gasteiger partial charge is 0.207 e. The van der Waals surface area contributed by atoms with Gasteiger partial charge in [-0.05, 0) is 35.4 Å². The predicted octanol–water partition coefficient (Wildman–Crippen LogP) is 3.95. The van der Waals surface area contributed by atoms with E-state index in [9.17, 15) is 4.79 Å². The summed E-state index contributed by atoms with van der Waals surface area (Å²) in [6.45, 7) is 1.46. The molecule has 0 heterocycles. The predicted molar refractivity (Wildman–Crippen MR) is 97.3 cm³/mol. The number of hydrogen-bond donors (Lipinski definition) is 2. The van der Waals surface area contributed by atoms with E-state index in [-0.39, 0.29) is 0 Å². The summed E-state index contributed by atoms with van der Waals surface area (Å²) in [4.78, 5) is 10.4. The average Bonchev–Trinajstić information content (AvgIpc) is 3.16. The molecule has 0 aromatic heterocycles. The van der Waals surface area contributed by atoms with Crippen molar-refractivity contribution < 1.29 is 4.79 Å². The van der Waals surface area contributed by atoms with Crippen molar-refractivity contribution in [1.29, 1.82) is 0 Å². The van der Waals surface area contributed by atoms with Gasteiger partial charge in [0.05, 0.1) is 0 Å². The summed E-state index contributed by atoms with van der Waals surface area (Å²) in [5, 5.41) is 6.48. The van der Waals surface area contributed by atoms with E-state index in [4.69, 9.17) is 0 Å². The van der Waals surface area contributed by atoms with Crippen molar-refractivity contribution in [3.63, 3.8) is 0 Å². The van der Waals surface area contributed by atoms with Crippen LogP contribution in [0.5, 0.6) is 0 Å². The van der Waals surface area contributed by atoms with Gasteiger partial charge < -0.3 is 10.6 Å². The summed E-state index contributed by atoms with van der Waals surface area (Å²) >= 11 is 0. The van der Waals surface area contributed by atoms with E-state index in [1.54, 1.807) is 0 Å². The molecule has 1 aliphatic carbocycles. The molecule has 0 bridgehead atoms. The van der Waals surface area contributed by atoms with Crippen molar-refractivity contribution >= 4 is 6.41 Å². The van der Waals surface area contributed by atoms with Crippen LogP contribution in [0.4, 0.5) is 0 Å². The van der Waals surface area contributed by atoms with Crippen molar-refractivity contribution in [1.82, 2.24) is 10.6 Å². The van der Waals surface area contributed by atoms with Gasteiger partial charge in [-0.1, -0.05) is 67.4 Å². The van der Waals surface area contributed by atoms with E-state index in [1.807, 2.05) is 0 Å². The average molecular weight is 322 g/mol. The Labute approximate surface area is 144 Å². The van der Waals surface area contributed by atoms with Gasteiger partial charge in [0.25, 0.3) is 0 Å². The van der Waals surface area contributed by atoms with Gasteiger partial charge in [0.15, 0.2) is 0 Å². The first-order chi connectivity index (χ1) is 11.9. The molecule has 3 nitrogen and oxygen atoms in total. The van der Waals surface area contributed by atoms with Gasteiger partial charge in [-0.3, -0.25) is 4.79 Å². The highest BCUT2D eigenvalue weighted by Gasteiger charge is 2.25. The summed E-state index contributed by atoms with van der Waals surface area (Å²) in [6.07, 6.45) is 6.09. The van der Waals surface area contributed by atoms with Crippen molar-refractivity contribution in [2.45, 2.75) is 44.8 Å². The SMILES string of the molecule is O=CNCc1ccc(CNC(c2ccccc2)C2CCCC2)cc1. The minimum Gasteiger partial charge on any atom is -0.355 e. The van der Waals surface area contributed by atoms with Crippen LogP contribution in [0.3, 0.4) is 0 Å². The number of benzene rings is 2. The highest BCUT2D eigenvalue weighted by atomic mass is 16.1. The molecule has 1 atom stereocenters. The van der Waals surface area contributed by atoms with Crippen LogP contribution in [-0.4, -0.2) is 6.41 Å². The Morgan fingerprint density at radius 3 is 2.17 bits per heavy atom. The molecular formula is C21H26N2O. The van der Waals surface area contributed by atoms with Crippen LogP contribution in [0.2, 0.25) is 0 Å². The van der Waals surface area contributed by atoms with Gasteiger partial charge in [0.1, 0.15) is 0 Å². The molecule has 2 aromatic carbocycles. The van der Waals surface area contributed by atoms with E-state index >= 15 is 0 Å². The Morgan fingerprint density at radius 2 is 1.54 bits per heavy atom. The van der Waals surface area contributed by atoms with Crippen molar-refractivity contribution in [3.8, 4) is 0 Å². The Bertz CT molecular complexity index is 618. The normalized spacial score (nSPS) is 16.0. The molecule has 1 unspecified atom stereocenters. The number of amides is 1. The molecule has 24 heavy (non-hydrogen) atoms. The Balaban J connectivity index is 1.63. The second-order valence-electron chi connectivity index (χ2n) is 6.63. The zero-order valence-electron chi connectivity index (χ0n) is 14.1. The maximum Gasteiger partial charge on any atom is 0.207 e. The molecule has 0 spiro atoms. The van der Waals surface area contributed by atoms with E-state index in [0.717, 1.165) is 24.4 Å². The molecule has 1 fully saturated rings. The van der Waals surface area contributed by atoms with Crippen LogP contribution in [0, 0.1) is 5.92 Å². The molecular weight excluding hydrogens is 296 g/mol. The molecule has 1 saturated carbocycles. The molecule has 3 rings (SSSR count). The van der Waals surface area contributed by atoms with Crippen molar-refractivity contribution in [2.75, 3.05) is 0 Å². The maximum atomic E-state index is 10.4. The van der Waals surface area contributed by atoms with E-state index in [0.29, 0.717) is 12.6 Å². The summed E-state index contributed by atoms with van der Waals surface area (Å²) in [5.74, 6) is 0.739. The van der Waals surface area contributed by atoms with Crippen LogP contribution >= 0.6 is 0 Å². The lowest BCUT2D eigenvalue weighted by Crippen LogP contribution is -2.26. The molecule has 2 aromatic rings. The van der Waals surface area contributed by atoms with E-state index < -0.39 is 0 Å². The van der Waals surface area contributed by atoms with Crippen LogP contribution in [-0.2, 0) is 17.9 Å². The molecule has 126 valence electrons. The fourth-order valence-electron chi connectivity index (χ4n) is 3.67. The highest BCUT2D eigenvalue weighted by molar-refractivity contribution is 5.46. The second-order valence-corrected chi connectivity index (χ2v) is 6.63. The first kappa shape index (κ1) is 16.7. The van der Waals surface area contributed by atoms with Gasteiger partial charge in [-0.15, -0.1) is 0 Å². The number of carbonyl (C=O) groups excluding carboxylic acids is 1. The molecule has 0 radical (unpaired) electrons. The maximum absolute atomic E-state index is 10.4. The number of hydrogen-bond acceptors (Lipinski definition) is 2. The lowest BCUT2D eigenvalue weighted by molar-refractivity contribution is -0.109. The summed E-state index contributed by atoms with van der Waals surface area (Å²) < 4.78 is 0. The Hall–Kier alpha value is -2.13. The Kier molecular flexibility index (Phi) is 6.02. The number of nitrogens with one attached hydrogen (secondary N) is 2. The zero-order valence-corrected chi connectivity index (χ0v) is 14.1. The zero-order chi connectivity index (χ0) is 16.6. The second kappa shape index (κ2) is 8.65. The minimum atomic E-state index is 0.435. The summed E-state index contributed by atoms with van der Waals surface area (Å²) in [5.41, 5.74) is 3.81. The van der Waals surface area contributed by atoms with Crippen molar-refractivity contribution in [3.05, 3.63) is 71.3 Å². The van der Waals surface area contributed by atoms with Crippen LogP contribution in [0.15, 0.2) is 54.6 Å². The largest absolute Gasteiger partial charge is 0.355 e. The van der Waals surface area contributed by atoms with Crippen LogP contribution in [0.1, 0.15) is 48.4 Å². The lowest BCUT2D eigenvalue weighted by Gasteiger charge is -2.25. The van der Waals surface area contributed by atoms with Gasteiger partial charge in [0, 0.05) is 19.1 Å². The molecule has 1 amide bonds. The third-order valence-electron chi connectivity index (χ3n) is 4.97. The number of carbonyl (C=O) groups is 1. The first-order valence-corrected chi connectivity index (χ1v) is 8.90. The van der Waals surface area contributed by atoms with Gasteiger partial charge in [-0.2, -0.15) is 0 Å².